The molecule has 0 unspecified atom stereocenters. The summed E-state index contributed by atoms with van der Waals surface area (Å²) in [6, 6.07) is 9.78. The molecule has 2 aromatic carbocycles. The van der Waals surface area contributed by atoms with Gasteiger partial charge in [-0.05, 0) is 103 Å². The lowest BCUT2D eigenvalue weighted by Gasteiger charge is -2.40. The number of nitrogens with zero attached hydrogens (tertiary/aromatic N) is 1. The van der Waals surface area contributed by atoms with Gasteiger partial charge >= 0.3 is 0 Å². The predicted molar refractivity (Wildman–Crippen MR) is 139 cm³/mol. The van der Waals surface area contributed by atoms with Crippen molar-refractivity contribution in [2.24, 2.45) is 17.8 Å². The molecule has 0 amide bonds. The van der Waals surface area contributed by atoms with Crippen LogP contribution in [0.3, 0.4) is 0 Å². The van der Waals surface area contributed by atoms with E-state index in [1.807, 2.05) is 6.07 Å². The van der Waals surface area contributed by atoms with E-state index in [0.29, 0.717) is 53.5 Å². The number of fused-ring (bicyclic) bond motifs is 3. The standard InChI is InChI=1S/C31H31F2NO4/c1-16-6-25(32)21(15-38-28-10-20-7-23-29(17(2)35)30(23)24(20)13-34-28)8-22(16)19-4-5-27(26(33)9-19)37-14-18-11-31(3,36)12-18/h4-6,8-10,13,18,23,29-30,35-36H,2,7,11-12,14-15H2,1,3H3/t18?,23-,29-,30+,31?/m0/s1. The largest absolute Gasteiger partial charge is 0.513 e. The van der Waals surface area contributed by atoms with Gasteiger partial charge in [-0.15, -0.1) is 0 Å². The van der Waals surface area contributed by atoms with E-state index in [2.05, 4.69) is 11.6 Å². The first-order chi connectivity index (χ1) is 18.1. The van der Waals surface area contributed by atoms with Gasteiger partial charge in [-0.1, -0.05) is 12.6 Å². The summed E-state index contributed by atoms with van der Waals surface area (Å²) >= 11 is 0. The third-order valence-electron chi connectivity index (χ3n) is 8.31. The predicted octanol–water partition coefficient (Wildman–Crippen LogP) is 6.41. The molecule has 38 heavy (non-hydrogen) atoms. The SMILES string of the molecule is C=C(O)[C@H]1[C@@H]2Cc3cc(OCc4cc(-c5ccc(OCC6CC(C)(O)C6)c(F)c5)c(C)cc4F)ncc3[C@@H]21. The molecule has 0 bridgehead atoms. The van der Waals surface area contributed by atoms with Crippen LogP contribution < -0.4 is 9.47 Å². The molecule has 7 heteroatoms. The molecule has 0 saturated heterocycles. The Kier molecular flexibility index (Phi) is 5.94. The Morgan fingerprint density at radius 2 is 1.92 bits per heavy atom. The maximum Gasteiger partial charge on any atom is 0.213 e. The van der Waals surface area contributed by atoms with Crippen LogP contribution in [0.2, 0.25) is 0 Å². The number of aliphatic hydroxyl groups excluding tert-OH is 1. The molecule has 3 aliphatic carbocycles. The zero-order chi connectivity index (χ0) is 26.8. The van der Waals surface area contributed by atoms with Crippen molar-refractivity contribution in [1.82, 2.24) is 4.98 Å². The number of allylic oxidation sites excluding steroid dienone is 1. The lowest BCUT2D eigenvalue weighted by molar-refractivity contribution is -0.0693. The topological polar surface area (TPSA) is 71.8 Å². The number of rotatable bonds is 8. The van der Waals surface area contributed by atoms with Crippen LogP contribution in [0.15, 0.2) is 54.9 Å². The molecule has 0 aliphatic heterocycles. The van der Waals surface area contributed by atoms with Crippen molar-refractivity contribution in [2.45, 2.75) is 51.2 Å². The molecule has 3 aliphatic rings. The van der Waals surface area contributed by atoms with Crippen LogP contribution >= 0.6 is 0 Å². The second-order valence-electron chi connectivity index (χ2n) is 11.4. The number of halogens is 2. The number of benzene rings is 2. The number of pyridine rings is 1. The van der Waals surface area contributed by atoms with Crippen molar-refractivity contribution in [3.8, 4) is 22.8 Å². The molecule has 6 rings (SSSR count). The van der Waals surface area contributed by atoms with Gasteiger partial charge in [0.05, 0.1) is 18.0 Å². The van der Waals surface area contributed by atoms with E-state index in [4.69, 9.17) is 9.47 Å². The Bertz CT molecular complexity index is 1430. The van der Waals surface area contributed by atoms with Gasteiger partial charge in [0.15, 0.2) is 11.6 Å². The molecule has 0 spiro atoms. The summed E-state index contributed by atoms with van der Waals surface area (Å²) in [5, 5.41) is 19.6. The minimum absolute atomic E-state index is 0.0112. The molecule has 2 fully saturated rings. The zero-order valence-corrected chi connectivity index (χ0v) is 21.5. The van der Waals surface area contributed by atoms with E-state index < -0.39 is 17.2 Å². The number of aliphatic hydroxyl groups is 2. The van der Waals surface area contributed by atoms with Crippen molar-refractivity contribution in [3.63, 3.8) is 0 Å². The maximum absolute atomic E-state index is 14.8. The van der Waals surface area contributed by atoms with Gasteiger partial charge in [-0.25, -0.2) is 13.8 Å². The summed E-state index contributed by atoms with van der Waals surface area (Å²) in [6.45, 7) is 7.60. The van der Waals surface area contributed by atoms with Gasteiger partial charge in [0.25, 0.3) is 0 Å². The fraction of sp³-hybridized carbons (Fsp3) is 0.387. The van der Waals surface area contributed by atoms with E-state index in [1.54, 1.807) is 38.2 Å². The number of aryl methyl sites for hydroxylation is 1. The molecular weight excluding hydrogens is 488 g/mol. The summed E-state index contributed by atoms with van der Waals surface area (Å²) in [5.41, 5.74) is 4.00. The summed E-state index contributed by atoms with van der Waals surface area (Å²) in [6.07, 6.45) is 3.93. The summed E-state index contributed by atoms with van der Waals surface area (Å²) in [4.78, 5) is 4.40. The fourth-order valence-electron chi connectivity index (χ4n) is 6.39. The van der Waals surface area contributed by atoms with Gasteiger partial charge in [0.2, 0.25) is 5.88 Å². The zero-order valence-electron chi connectivity index (χ0n) is 21.5. The van der Waals surface area contributed by atoms with E-state index in [9.17, 15) is 19.0 Å². The first-order valence-corrected chi connectivity index (χ1v) is 13.0. The number of hydrogen-bond donors (Lipinski definition) is 2. The molecule has 1 heterocycles. The van der Waals surface area contributed by atoms with Gasteiger partial charge < -0.3 is 19.7 Å². The van der Waals surface area contributed by atoms with E-state index >= 15 is 0 Å². The third-order valence-corrected chi connectivity index (χ3v) is 8.31. The van der Waals surface area contributed by atoms with Crippen molar-refractivity contribution in [2.75, 3.05) is 6.61 Å². The average molecular weight is 520 g/mol. The smallest absolute Gasteiger partial charge is 0.213 e. The lowest BCUT2D eigenvalue weighted by Crippen LogP contribution is -2.43. The molecule has 5 nitrogen and oxygen atoms in total. The molecule has 2 saturated carbocycles. The molecule has 3 aromatic rings. The molecule has 2 N–H and O–H groups in total. The Labute approximate surface area is 220 Å². The second kappa shape index (κ2) is 9.09. The highest BCUT2D eigenvalue weighted by atomic mass is 19.1. The summed E-state index contributed by atoms with van der Waals surface area (Å²) < 4.78 is 41.2. The Morgan fingerprint density at radius 3 is 2.63 bits per heavy atom. The van der Waals surface area contributed by atoms with Crippen LogP contribution in [0, 0.1) is 36.3 Å². The molecule has 198 valence electrons. The minimum Gasteiger partial charge on any atom is -0.513 e. The maximum atomic E-state index is 14.8. The first kappa shape index (κ1) is 24.9. The van der Waals surface area contributed by atoms with Crippen LogP contribution in [0.4, 0.5) is 8.78 Å². The van der Waals surface area contributed by atoms with E-state index in [0.717, 1.165) is 17.5 Å². The quantitative estimate of drug-likeness (QED) is 0.337. The average Bonchev–Trinajstić information content (AvgIpc) is 3.44. The fourth-order valence-corrected chi connectivity index (χ4v) is 6.39. The third kappa shape index (κ3) is 4.53. The Hall–Kier alpha value is -3.45. The van der Waals surface area contributed by atoms with Gasteiger partial charge in [-0.3, -0.25) is 0 Å². The van der Waals surface area contributed by atoms with Crippen LogP contribution in [0.25, 0.3) is 11.1 Å². The first-order valence-electron chi connectivity index (χ1n) is 13.0. The van der Waals surface area contributed by atoms with Crippen molar-refractivity contribution >= 4 is 0 Å². The second-order valence-corrected chi connectivity index (χ2v) is 11.4. The normalized spacial score (nSPS) is 26.8. The lowest BCUT2D eigenvalue weighted by atomic mass is 9.73. The van der Waals surface area contributed by atoms with Crippen molar-refractivity contribution in [3.05, 3.63) is 88.8 Å². The minimum atomic E-state index is -0.644. The number of aromatic nitrogens is 1. The van der Waals surface area contributed by atoms with Crippen LogP contribution in [0.5, 0.6) is 11.6 Å². The highest BCUT2D eigenvalue weighted by Crippen LogP contribution is 2.63. The Balaban J connectivity index is 1.14. The Morgan fingerprint density at radius 1 is 1.13 bits per heavy atom. The summed E-state index contributed by atoms with van der Waals surface area (Å²) in [5.74, 6) is 0.956. The molecule has 1 aromatic heterocycles. The van der Waals surface area contributed by atoms with Crippen molar-refractivity contribution < 1.29 is 28.5 Å². The van der Waals surface area contributed by atoms with Gasteiger partial charge in [0, 0.05) is 23.7 Å². The van der Waals surface area contributed by atoms with Gasteiger partial charge in [-0.2, -0.15) is 0 Å². The van der Waals surface area contributed by atoms with Crippen LogP contribution in [0.1, 0.15) is 47.9 Å². The van der Waals surface area contributed by atoms with Crippen LogP contribution in [-0.2, 0) is 13.0 Å². The highest BCUT2D eigenvalue weighted by molar-refractivity contribution is 5.69. The van der Waals surface area contributed by atoms with E-state index in [1.165, 1.54) is 12.1 Å². The monoisotopic (exact) mass is 519 g/mol. The van der Waals surface area contributed by atoms with E-state index in [-0.39, 0.29) is 35.9 Å². The van der Waals surface area contributed by atoms with Crippen LogP contribution in [-0.4, -0.2) is 27.4 Å². The molecule has 0 radical (unpaired) electrons. The van der Waals surface area contributed by atoms with Crippen molar-refractivity contribution in [1.29, 1.82) is 0 Å². The number of hydrogen-bond acceptors (Lipinski definition) is 5. The van der Waals surface area contributed by atoms with Gasteiger partial charge in [0.1, 0.15) is 12.4 Å². The summed E-state index contributed by atoms with van der Waals surface area (Å²) in [7, 11) is 0. The molecule has 3 atom stereocenters. The molecular formula is C31H31F2NO4. The highest BCUT2D eigenvalue weighted by Gasteiger charge is 2.57. The number of ether oxygens (including phenoxy) is 2.